The number of amides is 2. The van der Waals surface area contributed by atoms with E-state index in [0.717, 1.165) is 34.5 Å². The van der Waals surface area contributed by atoms with Crippen molar-refractivity contribution in [3.8, 4) is 11.3 Å². The smallest absolute Gasteiger partial charge is 0.246 e. The van der Waals surface area contributed by atoms with E-state index in [2.05, 4.69) is 46.3 Å². The highest BCUT2D eigenvalue weighted by Gasteiger charge is 2.40. The largest absolute Gasteiger partial charge is 0.343 e. The zero-order valence-electron chi connectivity index (χ0n) is 21.4. The van der Waals surface area contributed by atoms with E-state index in [-0.39, 0.29) is 29.6 Å². The Morgan fingerprint density at radius 3 is 2.62 bits per heavy atom. The molecular weight excluding hydrogens is 484 g/mol. The fourth-order valence-electron chi connectivity index (χ4n) is 5.57. The lowest BCUT2D eigenvalue weighted by Gasteiger charge is -2.34. The molecule has 37 heavy (non-hydrogen) atoms. The molecule has 5 rings (SSSR count). The van der Waals surface area contributed by atoms with Crippen LogP contribution in [0.4, 0.5) is 0 Å². The molecule has 1 saturated carbocycles. The van der Waals surface area contributed by atoms with Gasteiger partial charge in [-0.05, 0) is 56.3 Å². The van der Waals surface area contributed by atoms with Crippen LogP contribution in [0.2, 0.25) is 0 Å². The number of hydrogen-bond acceptors (Lipinski definition) is 6. The number of aromatic nitrogens is 1. The van der Waals surface area contributed by atoms with E-state index in [9.17, 15) is 14.4 Å². The number of benzene rings is 2. The van der Waals surface area contributed by atoms with E-state index in [4.69, 9.17) is 4.98 Å². The summed E-state index contributed by atoms with van der Waals surface area (Å²) in [6.45, 7) is 2.43. The van der Waals surface area contributed by atoms with Gasteiger partial charge >= 0.3 is 0 Å². The van der Waals surface area contributed by atoms with E-state index in [0.29, 0.717) is 32.2 Å². The molecule has 0 spiro atoms. The number of nitrogens with one attached hydrogen (secondary N) is 2. The number of nitrogens with zero attached hydrogens (tertiary/aromatic N) is 2. The highest BCUT2D eigenvalue weighted by Crippen LogP contribution is 2.38. The summed E-state index contributed by atoms with van der Waals surface area (Å²) >= 11 is 1.59. The van der Waals surface area contributed by atoms with Crippen molar-refractivity contribution in [2.45, 2.75) is 63.6 Å². The van der Waals surface area contributed by atoms with Crippen molar-refractivity contribution in [2.24, 2.45) is 5.92 Å². The van der Waals surface area contributed by atoms with Crippen LogP contribution in [0.15, 0.2) is 47.8 Å². The van der Waals surface area contributed by atoms with Gasteiger partial charge in [-0.3, -0.25) is 14.4 Å². The summed E-state index contributed by atoms with van der Waals surface area (Å²) in [5.41, 5.74) is 2.02. The molecule has 3 aromatic rings. The van der Waals surface area contributed by atoms with Gasteiger partial charge in [-0.1, -0.05) is 42.5 Å². The fraction of sp³-hybridized carbons (Fsp3) is 0.448. The lowest BCUT2D eigenvalue weighted by Crippen LogP contribution is -2.55. The standard InChI is InChI=1S/C29H34N4O3S/c1-18(30-2)27(35)32-26(20-12-14-21(34)15-13-20)29(36)33-16-6-11-25(33)28-31-24(17-37-28)23-10-5-8-19-7-3-4-9-22(19)23/h3-5,7-10,17-18,20,25-26,30H,6,11-16H2,1-2H3,(H,32,35)/t18-,25?,26-/m0/s1. The molecule has 8 heteroatoms. The molecule has 3 atom stereocenters. The van der Waals surface area contributed by atoms with Crippen molar-refractivity contribution >= 4 is 39.7 Å². The highest BCUT2D eigenvalue weighted by molar-refractivity contribution is 7.10. The number of rotatable bonds is 7. The molecule has 2 fully saturated rings. The summed E-state index contributed by atoms with van der Waals surface area (Å²) in [6, 6.07) is 13.4. The molecule has 1 aliphatic heterocycles. The molecule has 2 heterocycles. The van der Waals surface area contributed by atoms with Gasteiger partial charge in [0.1, 0.15) is 16.8 Å². The molecule has 1 aromatic heterocycles. The summed E-state index contributed by atoms with van der Waals surface area (Å²) in [7, 11) is 1.73. The second-order valence-corrected chi connectivity index (χ2v) is 11.0. The number of ketones is 1. The average Bonchev–Trinajstić information content (AvgIpc) is 3.61. The van der Waals surface area contributed by atoms with Crippen LogP contribution in [-0.2, 0) is 14.4 Å². The zero-order chi connectivity index (χ0) is 25.9. The third kappa shape index (κ3) is 5.31. The number of hydrogen-bond donors (Lipinski definition) is 2. The van der Waals surface area contributed by atoms with Crippen molar-refractivity contribution in [1.82, 2.24) is 20.5 Å². The van der Waals surface area contributed by atoms with Crippen molar-refractivity contribution in [3.05, 3.63) is 52.9 Å². The molecule has 2 aliphatic rings. The molecule has 194 valence electrons. The molecule has 1 saturated heterocycles. The van der Waals surface area contributed by atoms with E-state index in [1.807, 2.05) is 17.0 Å². The predicted octanol–water partition coefficient (Wildman–Crippen LogP) is 4.48. The third-order valence-electron chi connectivity index (χ3n) is 7.86. The SMILES string of the molecule is CN[C@@H](C)C(=O)N[C@H](C(=O)N1CCCC1c1nc(-c2cccc3ccccc23)cs1)C1CCC(=O)CC1. The molecule has 0 bridgehead atoms. The van der Waals surface area contributed by atoms with Crippen LogP contribution >= 0.6 is 11.3 Å². The van der Waals surface area contributed by atoms with E-state index in [1.165, 1.54) is 5.39 Å². The van der Waals surface area contributed by atoms with Crippen LogP contribution in [0.5, 0.6) is 0 Å². The Kier molecular flexibility index (Phi) is 7.67. The quantitative estimate of drug-likeness (QED) is 0.481. The van der Waals surface area contributed by atoms with Crippen molar-refractivity contribution in [2.75, 3.05) is 13.6 Å². The van der Waals surface area contributed by atoms with Crippen LogP contribution in [0.25, 0.3) is 22.0 Å². The lowest BCUT2D eigenvalue weighted by atomic mass is 9.82. The normalized spacial score (nSPS) is 20.2. The Morgan fingerprint density at radius 1 is 1.08 bits per heavy atom. The Bertz CT molecular complexity index is 1290. The predicted molar refractivity (Wildman–Crippen MR) is 146 cm³/mol. The monoisotopic (exact) mass is 518 g/mol. The average molecular weight is 519 g/mol. The van der Waals surface area contributed by atoms with Crippen molar-refractivity contribution in [3.63, 3.8) is 0 Å². The van der Waals surface area contributed by atoms with E-state index in [1.54, 1.807) is 25.3 Å². The summed E-state index contributed by atoms with van der Waals surface area (Å²) in [5, 5.41) is 11.3. The minimum Gasteiger partial charge on any atom is -0.343 e. The second kappa shape index (κ2) is 11.1. The van der Waals surface area contributed by atoms with Gasteiger partial charge in [-0.25, -0.2) is 4.98 Å². The highest BCUT2D eigenvalue weighted by atomic mass is 32.1. The molecule has 7 nitrogen and oxygen atoms in total. The Hall–Kier alpha value is -3.10. The number of thiazole rings is 1. The number of carbonyl (C=O) groups is 3. The molecular formula is C29H34N4O3S. The number of likely N-dealkylation sites (tertiary alicyclic amines) is 1. The first-order valence-corrected chi connectivity index (χ1v) is 14.1. The number of Topliss-reactive ketones (excluding diaryl/α,β-unsaturated/α-hetero) is 1. The first-order chi connectivity index (χ1) is 18.0. The van der Waals surface area contributed by atoms with Crippen LogP contribution in [0.1, 0.15) is 56.5 Å². The Labute approximate surface area is 221 Å². The van der Waals surface area contributed by atoms with Gasteiger partial charge in [0.25, 0.3) is 0 Å². The summed E-state index contributed by atoms with van der Waals surface area (Å²) in [4.78, 5) is 45.6. The number of fused-ring (bicyclic) bond motifs is 1. The zero-order valence-corrected chi connectivity index (χ0v) is 22.2. The van der Waals surface area contributed by atoms with Gasteiger partial charge < -0.3 is 15.5 Å². The maximum Gasteiger partial charge on any atom is 0.246 e. The second-order valence-electron chi connectivity index (χ2n) is 10.2. The number of likely N-dealkylation sites (N-methyl/N-ethyl adjacent to an activating group) is 1. The summed E-state index contributed by atoms with van der Waals surface area (Å²) in [5.74, 6) is -0.0523. The van der Waals surface area contributed by atoms with E-state index < -0.39 is 12.1 Å². The first kappa shape index (κ1) is 25.5. The summed E-state index contributed by atoms with van der Waals surface area (Å²) < 4.78 is 0. The maximum absolute atomic E-state index is 14.0. The van der Waals surface area contributed by atoms with Crippen molar-refractivity contribution < 1.29 is 14.4 Å². The summed E-state index contributed by atoms with van der Waals surface area (Å²) in [6.07, 6.45) is 3.95. The maximum atomic E-state index is 14.0. The molecule has 2 amide bonds. The molecule has 1 unspecified atom stereocenters. The van der Waals surface area contributed by atoms with Gasteiger partial charge in [0.2, 0.25) is 11.8 Å². The van der Waals surface area contributed by atoms with Gasteiger partial charge in [0, 0.05) is 30.3 Å². The minimum absolute atomic E-state index is 0.0398. The molecule has 1 aliphatic carbocycles. The van der Waals surface area contributed by atoms with Gasteiger partial charge in [-0.2, -0.15) is 0 Å². The van der Waals surface area contributed by atoms with Gasteiger partial charge in [0.15, 0.2) is 0 Å². The minimum atomic E-state index is -0.630. The van der Waals surface area contributed by atoms with Crippen LogP contribution in [-0.4, -0.2) is 53.2 Å². The van der Waals surface area contributed by atoms with E-state index >= 15 is 0 Å². The Morgan fingerprint density at radius 2 is 1.84 bits per heavy atom. The van der Waals surface area contributed by atoms with Gasteiger partial charge in [-0.15, -0.1) is 11.3 Å². The first-order valence-electron chi connectivity index (χ1n) is 13.2. The molecule has 2 N–H and O–H groups in total. The van der Waals surface area contributed by atoms with Crippen LogP contribution in [0, 0.1) is 5.92 Å². The van der Waals surface area contributed by atoms with Crippen LogP contribution in [0.3, 0.4) is 0 Å². The van der Waals surface area contributed by atoms with Gasteiger partial charge in [0.05, 0.1) is 17.8 Å². The Balaban J connectivity index is 1.40. The number of carbonyl (C=O) groups excluding carboxylic acids is 3. The third-order valence-corrected chi connectivity index (χ3v) is 8.80. The fourth-order valence-corrected chi connectivity index (χ4v) is 6.53. The molecule has 0 radical (unpaired) electrons. The lowest BCUT2D eigenvalue weighted by molar-refractivity contribution is -0.140. The molecule has 2 aromatic carbocycles. The van der Waals surface area contributed by atoms with Crippen LogP contribution < -0.4 is 10.6 Å². The topological polar surface area (TPSA) is 91.4 Å². The van der Waals surface area contributed by atoms with Crippen molar-refractivity contribution in [1.29, 1.82) is 0 Å².